The SMILES string of the molecule is O=[Se](=O)(O)O.[Pt]. The summed E-state index contributed by atoms with van der Waals surface area (Å²) in [7, 11) is 0. The molecule has 0 aliphatic rings. The molecule has 4 nitrogen and oxygen atoms in total. The van der Waals surface area contributed by atoms with Crippen molar-refractivity contribution in [2.24, 2.45) is 0 Å². The smallest absolute Gasteiger partial charge is 0 e. The molecule has 0 aromatic carbocycles. The molecular formula is H2O4PtSe. The van der Waals surface area contributed by atoms with E-state index in [4.69, 9.17) is 16.0 Å². The van der Waals surface area contributed by atoms with Crippen molar-refractivity contribution in [2.75, 3.05) is 0 Å². The van der Waals surface area contributed by atoms with E-state index in [-0.39, 0.29) is 21.1 Å². The Labute approximate surface area is 50.7 Å². The summed E-state index contributed by atoms with van der Waals surface area (Å²) >= 11 is -5.25. The minimum absolute atomic E-state index is 0. The Bertz CT molecular complexity index is 90.7. The van der Waals surface area contributed by atoms with Gasteiger partial charge in [0, 0.05) is 21.1 Å². The third kappa shape index (κ3) is 124. The normalized spacial score (nSPS) is 9.67. The Morgan fingerprint density at radius 1 is 1.17 bits per heavy atom. The zero-order chi connectivity index (χ0) is 4.50. The summed E-state index contributed by atoms with van der Waals surface area (Å²) in [6.45, 7) is 0. The molecule has 0 aliphatic carbocycles. The van der Waals surface area contributed by atoms with Crippen LogP contribution in [0.1, 0.15) is 0 Å². The van der Waals surface area contributed by atoms with Crippen LogP contribution in [0, 0.1) is 0 Å². The third-order valence-corrected chi connectivity index (χ3v) is 0. The van der Waals surface area contributed by atoms with Gasteiger partial charge in [-0.3, -0.25) is 0 Å². The van der Waals surface area contributed by atoms with E-state index in [1.54, 1.807) is 0 Å². The van der Waals surface area contributed by atoms with Gasteiger partial charge in [0.05, 0.1) is 0 Å². The Morgan fingerprint density at radius 2 is 1.17 bits per heavy atom. The van der Waals surface area contributed by atoms with Crippen LogP contribution in [0.5, 0.6) is 0 Å². The van der Waals surface area contributed by atoms with E-state index in [0.29, 0.717) is 0 Å². The van der Waals surface area contributed by atoms with Crippen molar-refractivity contribution >= 4 is 13.4 Å². The van der Waals surface area contributed by atoms with Gasteiger partial charge >= 0.3 is 29.4 Å². The van der Waals surface area contributed by atoms with Crippen molar-refractivity contribution in [2.45, 2.75) is 0 Å². The van der Waals surface area contributed by atoms with E-state index >= 15 is 0 Å². The van der Waals surface area contributed by atoms with Crippen molar-refractivity contribution in [1.29, 1.82) is 0 Å². The monoisotopic (exact) mass is 341 g/mol. The predicted octanol–water partition coefficient (Wildman–Crippen LogP) is -1.73. The standard InChI is InChI=1S/H2O4Se.Pt/c1-5(2,3)4;/h(H2,1,2,3,4);. The summed E-state index contributed by atoms with van der Waals surface area (Å²) < 4.78 is 31.9. The predicted molar refractivity (Wildman–Crippen MR) is 11.6 cm³/mol. The van der Waals surface area contributed by atoms with Crippen molar-refractivity contribution in [3.63, 3.8) is 0 Å². The molecule has 0 aromatic heterocycles. The quantitative estimate of drug-likeness (QED) is 0.514. The number of hydrogen-bond donors (Lipinski definition) is 2. The minimum atomic E-state index is -5.25. The van der Waals surface area contributed by atoms with Crippen molar-refractivity contribution in [1.82, 2.24) is 0 Å². The van der Waals surface area contributed by atoms with Crippen LogP contribution in [0.15, 0.2) is 0 Å². The maximum absolute atomic E-state index is 8.82. The van der Waals surface area contributed by atoms with E-state index in [1.165, 1.54) is 0 Å². The summed E-state index contributed by atoms with van der Waals surface area (Å²) in [6, 6.07) is 0. The second kappa shape index (κ2) is 2.83. The summed E-state index contributed by atoms with van der Waals surface area (Å²) in [6.07, 6.45) is 0. The van der Waals surface area contributed by atoms with Gasteiger partial charge in [-0.1, -0.05) is 0 Å². The molecule has 2 N–H and O–H groups in total. The van der Waals surface area contributed by atoms with Gasteiger partial charge < -0.3 is 0 Å². The van der Waals surface area contributed by atoms with Gasteiger partial charge in [-0.2, -0.15) is 0 Å². The first-order chi connectivity index (χ1) is 2.00. The summed E-state index contributed by atoms with van der Waals surface area (Å²) in [4.78, 5) is 0. The molecule has 0 radical (unpaired) electrons. The second-order valence-electron chi connectivity index (χ2n) is 0.448. The Morgan fingerprint density at radius 3 is 1.17 bits per heavy atom. The van der Waals surface area contributed by atoms with Crippen LogP contribution in [-0.2, 0) is 28.7 Å². The largest absolute Gasteiger partial charge is 0 e. The number of hydrogen-bond acceptors (Lipinski definition) is 2. The summed E-state index contributed by atoms with van der Waals surface area (Å²) in [5.74, 6) is 0. The molecule has 0 saturated carbocycles. The Hall–Kier alpha value is 0.728. The van der Waals surface area contributed by atoms with E-state index in [9.17, 15) is 0 Å². The fraction of sp³-hybridized carbons (Fsp3) is 0. The van der Waals surface area contributed by atoms with Crippen molar-refractivity contribution in [3.8, 4) is 0 Å². The molecule has 6 heteroatoms. The van der Waals surface area contributed by atoms with Gasteiger partial charge in [0.15, 0.2) is 0 Å². The molecule has 0 aromatic rings. The number of rotatable bonds is 0. The molecule has 0 atom stereocenters. The molecule has 42 valence electrons. The van der Waals surface area contributed by atoms with Gasteiger partial charge in [0.25, 0.3) is 0 Å². The van der Waals surface area contributed by atoms with E-state index < -0.39 is 13.4 Å². The maximum Gasteiger partial charge on any atom is 0 e. The second-order valence-corrected chi connectivity index (χ2v) is 2.33. The Balaban J connectivity index is 0. The van der Waals surface area contributed by atoms with Crippen LogP contribution < -0.4 is 0 Å². The van der Waals surface area contributed by atoms with Gasteiger partial charge in [-0.25, -0.2) is 0 Å². The molecule has 0 bridgehead atoms. The first-order valence-electron chi connectivity index (χ1n) is 0.698. The molecular weight excluding hydrogens is 338 g/mol. The van der Waals surface area contributed by atoms with Crippen LogP contribution in [0.25, 0.3) is 0 Å². The summed E-state index contributed by atoms with van der Waals surface area (Å²) in [5.41, 5.74) is 0. The minimum Gasteiger partial charge on any atom is 0 e. The van der Waals surface area contributed by atoms with Gasteiger partial charge in [-0.15, -0.1) is 0 Å². The molecule has 0 amide bonds. The first kappa shape index (κ1) is 9.87. The molecule has 0 aliphatic heterocycles. The average molecular weight is 340 g/mol. The topological polar surface area (TPSA) is 74.6 Å². The molecule has 6 heavy (non-hydrogen) atoms. The van der Waals surface area contributed by atoms with Crippen LogP contribution in [-0.4, -0.2) is 21.7 Å². The molecule has 0 unspecified atom stereocenters. The third-order valence-electron chi connectivity index (χ3n) is 0. The molecule has 0 fully saturated rings. The first-order valence-corrected chi connectivity index (χ1v) is 3.63. The average Bonchev–Trinajstić information content (AvgIpc) is 0.722. The maximum atomic E-state index is 8.82. The van der Waals surface area contributed by atoms with Crippen molar-refractivity contribution < 1.29 is 37.1 Å². The molecule has 0 saturated heterocycles. The van der Waals surface area contributed by atoms with E-state index in [0.717, 1.165) is 0 Å². The van der Waals surface area contributed by atoms with Crippen LogP contribution >= 0.6 is 0 Å². The Kier molecular flexibility index (Phi) is 4.66. The molecule has 0 spiro atoms. The van der Waals surface area contributed by atoms with Gasteiger partial charge in [-0.05, 0) is 0 Å². The van der Waals surface area contributed by atoms with E-state index in [2.05, 4.69) is 0 Å². The molecule has 0 rings (SSSR count). The van der Waals surface area contributed by atoms with E-state index in [1.807, 2.05) is 0 Å². The van der Waals surface area contributed by atoms with Gasteiger partial charge in [0.1, 0.15) is 0 Å². The fourth-order valence-electron chi connectivity index (χ4n) is 0. The molecule has 0 heterocycles. The zero-order valence-electron chi connectivity index (χ0n) is 2.44. The van der Waals surface area contributed by atoms with Crippen LogP contribution in [0.2, 0.25) is 0 Å². The fourth-order valence-corrected chi connectivity index (χ4v) is 0. The van der Waals surface area contributed by atoms with Crippen LogP contribution in [0.4, 0.5) is 0 Å². The van der Waals surface area contributed by atoms with Gasteiger partial charge in [0.2, 0.25) is 0 Å². The zero-order valence-corrected chi connectivity index (χ0v) is 6.42. The summed E-state index contributed by atoms with van der Waals surface area (Å²) in [5, 5.41) is 0. The van der Waals surface area contributed by atoms with Crippen molar-refractivity contribution in [3.05, 3.63) is 0 Å². The van der Waals surface area contributed by atoms with Crippen LogP contribution in [0.3, 0.4) is 0 Å².